The summed E-state index contributed by atoms with van der Waals surface area (Å²) in [5.41, 5.74) is 3.16. The van der Waals surface area contributed by atoms with Crippen molar-refractivity contribution in [2.45, 2.75) is 110 Å². The van der Waals surface area contributed by atoms with Gasteiger partial charge in [-0.2, -0.15) is 0 Å². The van der Waals surface area contributed by atoms with Crippen molar-refractivity contribution in [2.24, 2.45) is 17.8 Å². The minimum Gasteiger partial charge on any atom is -0.494 e. The van der Waals surface area contributed by atoms with Crippen LogP contribution in [0.25, 0.3) is 0 Å². The van der Waals surface area contributed by atoms with Gasteiger partial charge in [0.05, 0.1) is 6.61 Å². The quantitative estimate of drug-likeness (QED) is 0.247. The van der Waals surface area contributed by atoms with Gasteiger partial charge in [-0.15, -0.1) is 0 Å². The van der Waals surface area contributed by atoms with Gasteiger partial charge in [-0.25, -0.2) is 0 Å². The molecule has 0 spiro atoms. The summed E-state index contributed by atoms with van der Waals surface area (Å²) in [5, 5.41) is 0. The Bertz CT molecular complexity index is 606. The van der Waals surface area contributed by atoms with Crippen LogP contribution in [0.4, 0.5) is 0 Å². The molecule has 3 rings (SSSR count). The summed E-state index contributed by atoms with van der Waals surface area (Å²) >= 11 is 0. The summed E-state index contributed by atoms with van der Waals surface area (Å²) < 4.78 is 5.78. The maximum atomic E-state index is 5.78. The van der Waals surface area contributed by atoms with E-state index in [1.165, 1.54) is 95.5 Å². The van der Waals surface area contributed by atoms with Gasteiger partial charge in [-0.05, 0) is 86.8 Å². The van der Waals surface area contributed by atoms with Gasteiger partial charge in [0.15, 0.2) is 0 Å². The van der Waals surface area contributed by atoms with Crippen LogP contribution in [0.2, 0.25) is 0 Å². The highest BCUT2D eigenvalue weighted by molar-refractivity contribution is 5.28. The van der Waals surface area contributed by atoms with Gasteiger partial charge in [-0.1, -0.05) is 82.6 Å². The van der Waals surface area contributed by atoms with Crippen LogP contribution in [0.15, 0.2) is 35.9 Å². The van der Waals surface area contributed by atoms with E-state index in [-0.39, 0.29) is 0 Å². The number of rotatable bonds is 12. The fourth-order valence-electron chi connectivity index (χ4n) is 5.59. The van der Waals surface area contributed by atoms with Crippen molar-refractivity contribution in [1.82, 2.24) is 0 Å². The third-order valence-electron chi connectivity index (χ3n) is 7.74. The molecule has 1 saturated carbocycles. The number of hydrogen-bond acceptors (Lipinski definition) is 1. The topological polar surface area (TPSA) is 9.23 Å². The van der Waals surface area contributed by atoms with Gasteiger partial charge >= 0.3 is 0 Å². The van der Waals surface area contributed by atoms with E-state index in [0.29, 0.717) is 0 Å². The first kappa shape index (κ1) is 23.4. The van der Waals surface area contributed by atoms with Crippen molar-refractivity contribution < 1.29 is 4.74 Å². The molecule has 2 aliphatic rings. The molecule has 1 aromatic carbocycles. The van der Waals surface area contributed by atoms with Crippen LogP contribution in [0, 0.1) is 17.8 Å². The Balaban J connectivity index is 1.34. The zero-order chi connectivity index (χ0) is 21.0. The van der Waals surface area contributed by atoms with Crippen molar-refractivity contribution in [2.75, 3.05) is 6.61 Å². The highest BCUT2D eigenvalue weighted by Gasteiger charge is 2.28. The Labute approximate surface area is 186 Å². The van der Waals surface area contributed by atoms with Crippen LogP contribution < -0.4 is 4.74 Å². The Hall–Kier alpha value is -1.24. The van der Waals surface area contributed by atoms with Gasteiger partial charge in [0, 0.05) is 0 Å². The number of allylic oxidation sites excluding steroid dienone is 2. The average Bonchev–Trinajstić information content (AvgIpc) is 2.80. The monoisotopic (exact) mass is 410 g/mol. The lowest BCUT2D eigenvalue weighted by atomic mass is 9.70. The SMILES string of the molecule is CCCCCC1CCC(C2CC=C(CCc3ccc(OCCCC)cc3)CC2)CC1. The van der Waals surface area contributed by atoms with E-state index in [4.69, 9.17) is 4.74 Å². The van der Waals surface area contributed by atoms with E-state index in [2.05, 4.69) is 44.2 Å². The van der Waals surface area contributed by atoms with Crippen molar-refractivity contribution >= 4 is 0 Å². The second kappa shape index (κ2) is 13.2. The molecule has 0 aliphatic heterocycles. The molecular formula is C29H46O. The van der Waals surface area contributed by atoms with Crippen molar-refractivity contribution in [3.8, 4) is 5.75 Å². The zero-order valence-electron chi connectivity index (χ0n) is 19.8. The fourth-order valence-corrected chi connectivity index (χ4v) is 5.59. The third-order valence-corrected chi connectivity index (χ3v) is 7.74. The Morgan fingerprint density at radius 1 is 0.800 bits per heavy atom. The molecular weight excluding hydrogens is 364 g/mol. The van der Waals surface area contributed by atoms with E-state index < -0.39 is 0 Å². The Morgan fingerprint density at radius 3 is 2.23 bits per heavy atom. The maximum Gasteiger partial charge on any atom is 0.119 e. The molecule has 0 amide bonds. The molecule has 0 bridgehead atoms. The minimum absolute atomic E-state index is 0.838. The highest BCUT2D eigenvalue weighted by atomic mass is 16.5. The first-order chi connectivity index (χ1) is 14.8. The predicted octanol–water partition coefficient (Wildman–Crippen LogP) is 8.91. The summed E-state index contributed by atoms with van der Waals surface area (Å²) in [6.07, 6.45) is 23.3. The van der Waals surface area contributed by atoms with Crippen molar-refractivity contribution in [3.63, 3.8) is 0 Å². The highest BCUT2D eigenvalue weighted by Crippen LogP contribution is 2.41. The van der Waals surface area contributed by atoms with Crippen LogP contribution in [0.5, 0.6) is 5.75 Å². The molecule has 1 atom stereocenters. The summed E-state index contributed by atoms with van der Waals surface area (Å²) in [5.74, 6) is 4.06. The number of unbranched alkanes of at least 4 members (excludes halogenated alkanes) is 3. The van der Waals surface area contributed by atoms with E-state index in [9.17, 15) is 0 Å². The predicted molar refractivity (Wildman–Crippen MR) is 130 cm³/mol. The number of benzene rings is 1. The van der Waals surface area contributed by atoms with Gasteiger partial charge in [0.1, 0.15) is 5.75 Å². The Morgan fingerprint density at radius 2 is 1.57 bits per heavy atom. The lowest BCUT2D eigenvalue weighted by molar-refractivity contribution is 0.185. The van der Waals surface area contributed by atoms with Crippen LogP contribution in [-0.4, -0.2) is 6.61 Å². The van der Waals surface area contributed by atoms with Gasteiger partial charge in [0.25, 0.3) is 0 Å². The molecule has 1 aromatic rings. The molecule has 0 N–H and O–H groups in total. The van der Waals surface area contributed by atoms with Gasteiger partial charge in [-0.3, -0.25) is 0 Å². The molecule has 30 heavy (non-hydrogen) atoms. The summed E-state index contributed by atoms with van der Waals surface area (Å²) in [6, 6.07) is 8.81. The molecule has 2 aliphatic carbocycles. The molecule has 1 heteroatoms. The van der Waals surface area contributed by atoms with E-state index in [0.717, 1.165) is 36.5 Å². The number of ether oxygens (including phenoxy) is 1. The first-order valence-corrected chi connectivity index (χ1v) is 13.2. The largest absolute Gasteiger partial charge is 0.494 e. The van der Waals surface area contributed by atoms with Gasteiger partial charge < -0.3 is 4.74 Å². The molecule has 0 saturated heterocycles. The molecule has 1 fully saturated rings. The summed E-state index contributed by atoms with van der Waals surface area (Å²) in [7, 11) is 0. The second-order valence-electron chi connectivity index (χ2n) is 10.0. The molecule has 0 aromatic heterocycles. The van der Waals surface area contributed by atoms with Crippen LogP contribution in [0.3, 0.4) is 0 Å². The number of hydrogen-bond donors (Lipinski definition) is 0. The van der Waals surface area contributed by atoms with Crippen LogP contribution >= 0.6 is 0 Å². The smallest absolute Gasteiger partial charge is 0.119 e. The van der Waals surface area contributed by atoms with Crippen molar-refractivity contribution in [3.05, 3.63) is 41.5 Å². The maximum absolute atomic E-state index is 5.78. The number of aryl methyl sites for hydroxylation is 1. The van der Waals surface area contributed by atoms with E-state index in [1.54, 1.807) is 5.57 Å². The third kappa shape index (κ3) is 7.78. The van der Waals surface area contributed by atoms with E-state index >= 15 is 0 Å². The van der Waals surface area contributed by atoms with E-state index in [1.807, 2.05) is 0 Å². The second-order valence-corrected chi connectivity index (χ2v) is 10.0. The molecule has 0 radical (unpaired) electrons. The summed E-state index contributed by atoms with van der Waals surface area (Å²) in [6.45, 7) is 5.36. The Kier molecular flexibility index (Phi) is 10.3. The van der Waals surface area contributed by atoms with Crippen LogP contribution in [0.1, 0.15) is 109 Å². The molecule has 1 unspecified atom stereocenters. The first-order valence-electron chi connectivity index (χ1n) is 13.2. The fraction of sp³-hybridized carbons (Fsp3) is 0.724. The zero-order valence-corrected chi connectivity index (χ0v) is 19.8. The molecule has 168 valence electrons. The lowest BCUT2D eigenvalue weighted by Gasteiger charge is -2.35. The molecule has 0 heterocycles. The molecule has 1 nitrogen and oxygen atoms in total. The standard InChI is InChI=1S/C29H46O/c1-3-5-7-8-24-11-17-27(18-12-24)28-19-13-25(14-20-28)9-10-26-15-21-29(22-16-26)30-23-6-4-2/h13,15-16,21-22,24,27-28H,3-12,14,17-20,23H2,1-2H3. The minimum atomic E-state index is 0.838. The summed E-state index contributed by atoms with van der Waals surface area (Å²) in [4.78, 5) is 0. The van der Waals surface area contributed by atoms with Crippen LogP contribution in [-0.2, 0) is 6.42 Å². The van der Waals surface area contributed by atoms with Crippen molar-refractivity contribution in [1.29, 1.82) is 0 Å². The lowest BCUT2D eigenvalue weighted by Crippen LogP contribution is -2.23. The average molecular weight is 411 g/mol. The van der Waals surface area contributed by atoms with Gasteiger partial charge in [0.2, 0.25) is 0 Å². The normalized spacial score (nSPS) is 24.5.